The van der Waals surface area contributed by atoms with Gasteiger partial charge in [-0.1, -0.05) is 12.1 Å². The number of carbonyl (C=O) groups excluding carboxylic acids is 1. The fourth-order valence-electron chi connectivity index (χ4n) is 2.86. The Hall–Kier alpha value is -2.18. The molecule has 6 nitrogen and oxygen atoms in total. The molecule has 2 heterocycles. The average molecular weight is 329 g/mol. The van der Waals surface area contributed by atoms with Crippen LogP contribution in [0.2, 0.25) is 0 Å². The zero-order valence-corrected chi connectivity index (χ0v) is 14.0. The third kappa shape index (κ3) is 4.21. The Bertz CT molecular complexity index is 660. The van der Waals surface area contributed by atoms with Crippen molar-refractivity contribution < 1.29 is 14.3 Å². The minimum atomic E-state index is -0.310. The van der Waals surface area contributed by atoms with Gasteiger partial charge in [0.15, 0.2) is 0 Å². The molecule has 1 aliphatic rings. The van der Waals surface area contributed by atoms with Crippen molar-refractivity contribution in [2.75, 3.05) is 40.0 Å². The first-order valence-corrected chi connectivity index (χ1v) is 8.23. The van der Waals surface area contributed by atoms with E-state index < -0.39 is 0 Å². The van der Waals surface area contributed by atoms with E-state index in [1.165, 1.54) is 7.11 Å². The summed E-state index contributed by atoms with van der Waals surface area (Å²) in [4.78, 5) is 18.4. The van der Waals surface area contributed by atoms with Gasteiger partial charge in [-0.25, -0.2) is 9.78 Å². The van der Waals surface area contributed by atoms with Gasteiger partial charge in [-0.3, -0.25) is 4.90 Å². The Balaban J connectivity index is 1.59. The van der Waals surface area contributed by atoms with Gasteiger partial charge in [0.05, 0.1) is 25.9 Å². The standard InChI is InChI=1S/C18H23N3O3/c1-23-18(22)16-4-2-15(3-5-16)14-21-9-7-19-17(21)6-8-20-10-12-24-13-11-20/h2-5,7,9H,6,8,10-14H2,1H3. The molecule has 0 amide bonds. The van der Waals surface area contributed by atoms with Crippen LogP contribution in [0.1, 0.15) is 21.7 Å². The maximum Gasteiger partial charge on any atom is 0.337 e. The van der Waals surface area contributed by atoms with E-state index in [0.29, 0.717) is 5.56 Å². The molecule has 128 valence electrons. The summed E-state index contributed by atoms with van der Waals surface area (Å²) in [7, 11) is 1.39. The van der Waals surface area contributed by atoms with E-state index in [0.717, 1.165) is 57.2 Å². The van der Waals surface area contributed by atoms with Crippen LogP contribution in [-0.4, -0.2) is 60.4 Å². The molecule has 1 fully saturated rings. The van der Waals surface area contributed by atoms with Crippen molar-refractivity contribution >= 4 is 5.97 Å². The van der Waals surface area contributed by atoms with Gasteiger partial charge in [-0.15, -0.1) is 0 Å². The second-order valence-electron chi connectivity index (χ2n) is 5.86. The topological polar surface area (TPSA) is 56.6 Å². The minimum absolute atomic E-state index is 0.310. The van der Waals surface area contributed by atoms with Crippen LogP contribution < -0.4 is 0 Å². The molecule has 0 spiro atoms. The molecule has 1 aromatic carbocycles. The molecule has 2 aromatic rings. The van der Waals surface area contributed by atoms with Crippen LogP contribution in [0.4, 0.5) is 0 Å². The molecule has 6 heteroatoms. The molecular formula is C18H23N3O3. The molecule has 0 N–H and O–H groups in total. The zero-order chi connectivity index (χ0) is 16.8. The number of aromatic nitrogens is 2. The third-order valence-electron chi connectivity index (χ3n) is 4.28. The van der Waals surface area contributed by atoms with Crippen molar-refractivity contribution in [3.05, 3.63) is 53.6 Å². The van der Waals surface area contributed by atoms with Crippen molar-refractivity contribution in [3.63, 3.8) is 0 Å². The van der Waals surface area contributed by atoms with E-state index in [1.54, 1.807) is 12.1 Å². The largest absolute Gasteiger partial charge is 0.465 e. The second-order valence-corrected chi connectivity index (χ2v) is 5.86. The van der Waals surface area contributed by atoms with Crippen molar-refractivity contribution in [1.29, 1.82) is 0 Å². The maximum absolute atomic E-state index is 11.5. The Morgan fingerprint density at radius 1 is 1.25 bits per heavy atom. The van der Waals surface area contributed by atoms with E-state index in [1.807, 2.05) is 24.5 Å². The Morgan fingerprint density at radius 2 is 2.00 bits per heavy atom. The molecule has 0 saturated carbocycles. The lowest BCUT2D eigenvalue weighted by molar-refractivity contribution is 0.0381. The van der Waals surface area contributed by atoms with Crippen molar-refractivity contribution in [1.82, 2.24) is 14.5 Å². The molecule has 0 unspecified atom stereocenters. The molecule has 3 rings (SSSR count). The molecule has 0 aliphatic carbocycles. The maximum atomic E-state index is 11.5. The number of hydrogen-bond donors (Lipinski definition) is 0. The monoisotopic (exact) mass is 329 g/mol. The summed E-state index contributed by atoms with van der Waals surface area (Å²) in [6.07, 6.45) is 4.77. The molecule has 1 aliphatic heterocycles. The summed E-state index contributed by atoms with van der Waals surface area (Å²) in [5, 5.41) is 0. The molecular weight excluding hydrogens is 306 g/mol. The van der Waals surface area contributed by atoms with Crippen LogP contribution >= 0.6 is 0 Å². The summed E-state index contributed by atoms with van der Waals surface area (Å²) < 4.78 is 12.3. The molecule has 1 aromatic heterocycles. The fraction of sp³-hybridized carbons (Fsp3) is 0.444. The highest BCUT2D eigenvalue weighted by Gasteiger charge is 2.12. The van der Waals surface area contributed by atoms with Crippen LogP contribution in [0.3, 0.4) is 0 Å². The first kappa shape index (κ1) is 16.7. The normalized spacial score (nSPS) is 15.4. The van der Waals surface area contributed by atoms with Crippen molar-refractivity contribution in [2.24, 2.45) is 0 Å². The fourth-order valence-corrected chi connectivity index (χ4v) is 2.86. The van der Waals surface area contributed by atoms with Gasteiger partial charge < -0.3 is 14.0 Å². The number of rotatable bonds is 6. The highest BCUT2D eigenvalue weighted by molar-refractivity contribution is 5.89. The van der Waals surface area contributed by atoms with Gasteiger partial charge in [-0.05, 0) is 17.7 Å². The summed E-state index contributed by atoms with van der Waals surface area (Å²) in [6, 6.07) is 7.51. The van der Waals surface area contributed by atoms with Gasteiger partial charge in [-0.2, -0.15) is 0 Å². The lowest BCUT2D eigenvalue weighted by Crippen LogP contribution is -2.37. The van der Waals surface area contributed by atoms with Crippen LogP contribution in [0.15, 0.2) is 36.7 Å². The van der Waals surface area contributed by atoms with Crippen molar-refractivity contribution in [2.45, 2.75) is 13.0 Å². The van der Waals surface area contributed by atoms with E-state index >= 15 is 0 Å². The van der Waals surface area contributed by atoms with Crippen LogP contribution in [0, 0.1) is 0 Å². The lowest BCUT2D eigenvalue weighted by atomic mass is 10.1. The smallest absolute Gasteiger partial charge is 0.337 e. The average Bonchev–Trinajstić information content (AvgIpc) is 3.08. The van der Waals surface area contributed by atoms with Gasteiger partial charge >= 0.3 is 5.97 Å². The van der Waals surface area contributed by atoms with E-state index in [4.69, 9.17) is 9.47 Å². The number of methoxy groups -OCH3 is 1. The molecule has 0 atom stereocenters. The predicted octanol–water partition coefficient (Wildman–Crippen LogP) is 1.59. The van der Waals surface area contributed by atoms with E-state index in [9.17, 15) is 4.79 Å². The number of esters is 1. The summed E-state index contributed by atoms with van der Waals surface area (Å²) in [5.41, 5.74) is 1.70. The number of nitrogens with zero attached hydrogens (tertiary/aromatic N) is 3. The Kier molecular flexibility index (Phi) is 5.61. The molecule has 1 saturated heterocycles. The van der Waals surface area contributed by atoms with E-state index in [2.05, 4.69) is 14.5 Å². The molecule has 0 bridgehead atoms. The predicted molar refractivity (Wildman–Crippen MR) is 90.1 cm³/mol. The van der Waals surface area contributed by atoms with Gasteiger partial charge in [0.25, 0.3) is 0 Å². The number of carbonyl (C=O) groups is 1. The van der Waals surface area contributed by atoms with Gasteiger partial charge in [0, 0.05) is 45.0 Å². The van der Waals surface area contributed by atoms with Gasteiger partial charge in [0.2, 0.25) is 0 Å². The first-order valence-electron chi connectivity index (χ1n) is 8.23. The van der Waals surface area contributed by atoms with Crippen molar-refractivity contribution in [3.8, 4) is 0 Å². The van der Waals surface area contributed by atoms with Crippen LogP contribution in [0.5, 0.6) is 0 Å². The highest BCUT2D eigenvalue weighted by atomic mass is 16.5. The van der Waals surface area contributed by atoms with E-state index in [-0.39, 0.29) is 5.97 Å². The zero-order valence-electron chi connectivity index (χ0n) is 14.0. The van der Waals surface area contributed by atoms with Gasteiger partial charge in [0.1, 0.15) is 5.82 Å². The highest BCUT2D eigenvalue weighted by Crippen LogP contribution is 2.10. The lowest BCUT2D eigenvalue weighted by Gasteiger charge is -2.26. The first-order chi connectivity index (χ1) is 11.8. The third-order valence-corrected chi connectivity index (χ3v) is 4.28. The number of imidazole rings is 1. The SMILES string of the molecule is COC(=O)c1ccc(Cn2ccnc2CCN2CCOCC2)cc1. The Labute approximate surface area is 142 Å². The molecule has 24 heavy (non-hydrogen) atoms. The number of hydrogen-bond acceptors (Lipinski definition) is 5. The number of ether oxygens (including phenoxy) is 2. The molecule has 0 radical (unpaired) electrons. The number of morpholine rings is 1. The second kappa shape index (κ2) is 8.08. The van der Waals surface area contributed by atoms with Crippen LogP contribution in [0.25, 0.3) is 0 Å². The minimum Gasteiger partial charge on any atom is -0.465 e. The summed E-state index contributed by atoms with van der Waals surface area (Å²) in [5.74, 6) is 0.772. The Morgan fingerprint density at radius 3 is 2.71 bits per heavy atom. The number of benzene rings is 1. The quantitative estimate of drug-likeness (QED) is 0.754. The summed E-state index contributed by atoms with van der Waals surface area (Å²) in [6.45, 7) is 5.38. The summed E-state index contributed by atoms with van der Waals surface area (Å²) >= 11 is 0. The van der Waals surface area contributed by atoms with Crippen LogP contribution in [-0.2, 0) is 22.4 Å².